The van der Waals surface area contributed by atoms with Crippen LogP contribution in [-0.2, 0) is 4.74 Å². The minimum Gasteiger partial charge on any atom is -0.378 e. The highest BCUT2D eigenvalue weighted by atomic mass is 16.5. The first-order valence-corrected chi connectivity index (χ1v) is 11.4. The molecule has 0 atom stereocenters. The van der Waals surface area contributed by atoms with Crippen molar-refractivity contribution in [2.45, 2.75) is 20.8 Å². The van der Waals surface area contributed by atoms with Crippen molar-refractivity contribution in [2.24, 2.45) is 0 Å². The van der Waals surface area contributed by atoms with Crippen molar-refractivity contribution in [1.29, 1.82) is 0 Å². The summed E-state index contributed by atoms with van der Waals surface area (Å²) in [5.41, 5.74) is 6.69. The molecule has 1 fully saturated rings. The monoisotopic (exact) mass is 458 g/mol. The zero-order valence-corrected chi connectivity index (χ0v) is 19.8. The van der Waals surface area contributed by atoms with Gasteiger partial charge < -0.3 is 25.6 Å². The van der Waals surface area contributed by atoms with Gasteiger partial charge in [0.1, 0.15) is 0 Å². The summed E-state index contributed by atoms with van der Waals surface area (Å²) in [4.78, 5) is 27.8. The van der Waals surface area contributed by atoms with Crippen LogP contribution in [0.25, 0.3) is 0 Å². The number of aryl methyl sites for hydroxylation is 3. The number of urea groups is 1. The largest absolute Gasteiger partial charge is 0.378 e. The predicted molar refractivity (Wildman–Crippen MR) is 137 cm³/mol. The van der Waals surface area contributed by atoms with Gasteiger partial charge in [0.2, 0.25) is 0 Å². The molecule has 7 heteroatoms. The Balaban J connectivity index is 1.56. The maximum absolute atomic E-state index is 12.9. The first kappa shape index (κ1) is 23.3. The number of hydrogen-bond donors (Lipinski definition) is 3. The van der Waals surface area contributed by atoms with Gasteiger partial charge in [-0.05, 0) is 74.4 Å². The lowest BCUT2D eigenvalue weighted by molar-refractivity contribution is 0.102. The maximum atomic E-state index is 12.9. The molecule has 7 nitrogen and oxygen atoms in total. The Morgan fingerprint density at radius 2 is 1.53 bits per heavy atom. The number of nitrogens with zero attached hydrogens (tertiary/aromatic N) is 1. The zero-order valence-electron chi connectivity index (χ0n) is 19.8. The molecular weight excluding hydrogens is 428 g/mol. The third-order valence-electron chi connectivity index (χ3n) is 5.90. The van der Waals surface area contributed by atoms with E-state index in [2.05, 4.69) is 20.9 Å². The van der Waals surface area contributed by atoms with Crippen molar-refractivity contribution in [3.8, 4) is 0 Å². The van der Waals surface area contributed by atoms with E-state index in [4.69, 9.17) is 4.74 Å². The molecule has 1 saturated heterocycles. The van der Waals surface area contributed by atoms with Crippen molar-refractivity contribution in [2.75, 3.05) is 47.2 Å². The maximum Gasteiger partial charge on any atom is 0.323 e. The van der Waals surface area contributed by atoms with E-state index in [0.717, 1.165) is 41.2 Å². The molecule has 176 valence electrons. The van der Waals surface area contributed by atoms with Crippen LogP contribution in [0.1, 0.15) is 27.0 Å². The van der Waals surface area contributed by atoms with Crippen LogP contribution >= 0.6 is 0 Å². The van der Waals surface area contributed by atoms with E-state index >= 15 is 0 Å². The minimum absolute atomic E-state index is 0.201. The van der Waals surface area contributed by atoms with Gasteiger partial charge in [-0.1, -0.05) is 23.8 Å². The fourth-order valence-electron chi connectivity index (χ4n) is 3.89. The predicted octanol–water partition coefficient (Wildman–Crippen LogP) is 5.34. The van der Waals surface area contributed by atoms with Crippen LogP contribution in [0.5, 0.6) is 0 Å². The van der Waals surface area contributed by atoms with Crippen LogP contribution in [0, 0.1) is 20.8 Å². The highest BCUT2D eigenvalue weighted by molar-refractivity contribution is 6.06. The number of anilines is 4. The van der Waals surface area contributed by atoms with Gasteiger partial charge in [0.25, 0.3) is 5.91 Å². The molecule has 0 unspecified atom stereocenters. The molecule has 3 amide bonds. The highest BCUT2D eigenvalue weighted by Crippen LogP contribution is 2.30. The smallest absolute Gasteiger partial charge is 0.323 e. The van der Waals surface area contributed by atoms with Crippen LogP contribution < -0.4 is 20.9 Å². The molecule has 0 aromatic heterocycles. The normalized spacial score (nSPS) is 13.3. The summed E-state index contributed by atoms with van der Waals surface area (Å²) in [6, 6.07) is 18.4. The lowest BCUT2D eigenvalue weighted by Crippen LogP contribution is -2.37. The number of nitrogens with one attached hydrogen (secondary N) is 3. The average Bonchev–Trinajstić information content (AvgIpc) is 2.82. The van der Waals surface area contributed by atoms with Gasteiger partial charge in [0, 0.05) is 30.0 Å². The van der Waals surface area contributed by atoms with Crippen molar-refractivity contribution >= 4 is 34.7 Å². The first-order valence-electron chi connectivity index (χ1n) is 11.4. The Hall–Kier alpha value is -3.84. The molecule has 34 heavy (non-hydrogen) atoms. The Kier molecular flexibility index (Phi) is 7.13. The Morgan fingerprint density at radius 3 is 2.26 bits per heavy atom. The standard InChI is InChI=1S/C27H30N4O3/c1-18-5-4-6-21(15-18)26(32)28-23-9-10-25(31-11-13-34-14-12-31)24(17-23)30-27(33)29-22-8-7-19(2)20(3)16-22/h4-10,15-17H,11-14H2,1-3H3,(H,28,32)(H2,29,30,33). The first-order chi connectivity index (χ1) is 16.4. The number of benzene rings is 3. The van der Waals surface area contributed by atoms with Gasteiger partial charge in [-0.3, -0.25) is 4.79 Å². The van der Waals surface area contributed by atoms with Gasteiger partial charge in [0.05, 0.1) is 24.6 Å². The molecule has 0 radical (unpaired) electrons. The molecule has 0 spiro atoms. The van der Waals surface area contributed by atoms with Crippen molar-refractivity contribution in [1.82, 2.24) is 0 Å². The molecule has 0 saturated carbocycles. The summed E-state index contributed by atoms with van der Waals surface area (Å²) in [6.45, 7) is 8.69. The molecule has 1 aliphatic rings. The number of amides is 3. The Bertz CT molecular complexity index is 1200. The molecule has 3 aromatic carbocycles. The van der Waals surface area contributed by atoms with Gasteiger partial charge in [0.15, 0.2) is 0 Å². The molecule has 0 bridgehead atoms. The number of rotatable bonds is 5. The van der Waals surface area contributed by atoms with Crippen LogP contribution in [0.15, 0.2) is 60.7 Å². The summed E-state index contributed by atoms with van der Waals surface area (Å²) in [7, 11) is 0. The topological polar surface area (TPSA) is 82.7 Å². The van der Waals surface area contributed by atoms with Crippen molar-refractivity contribution in [3.63, 3.8) is 0 Å². The van der Waals surface area contributed by atoms with Crippen molar-refractivity contribution in [3.05, 3.63) is 82.9 Å². The van der Waals surface area contributed by atoms with Gasteiger partial charge in [-0.15, -0.1) is 0 Å². The summed E-state index contributed by atoms with van der Waals surface area (Å²) >= 11 is 0. The number of morpholine rings is 1. The molecular formula is C27H30N4O3. The van der Waals surface area contributed by atoms with Crippen LogP contribution in [0.3, 0.4) is 0 Å². The lowest BCUT2D eigenvalue weighted by Gasteiger charge is -2.31. The van der Waals surface area contributed by atoms with Crippen LogP contribution in [0.4, 0.5) is 27.5 Å². The molecule has 1 aliphatic heterocycles. The molecule has 1 heterocycles. The lowest BCUT2D eigenvalue weighted by atomic mass is 10.1. The number of carbonyl (C=O) groups is 2. The summed E-state index contributed by atoms with van der Waals surface area (Å²) < 4.78 is 5.48. The molecule has 3 N–H and O–H groups in total. The number of ether oxygens (including phenoxy) is 1. The minimum atomic E-state index is -0.347. The van der Waals surface area contributed by atoms with E-state index < -0.39 is 0 Å². The van der Waals surface area contributed by atoms with E-state index in [-0.39, 0.29) is 11.9 Å². The SMILES string of the molecule is Cc1cccc(C(=O)Nc2ccc(N3CCOCC3)c(NC(=O)Nc3ccc(C)c(C)c3)c2)c1. The highest BCUT2D eigenvalue weighted by Gasteiger charge is 2.18. The summed E-state index contributed by atoms with van der Waals surface area (Å²) in [5.74, 6) is -0.201. The average molecular weight is 459 g/mol. The van der Waals surface area contributed by atoms with Crippen LogP contribution in [0.2, 0.25) is 0 Å². The second kappa shape index (κ2) is 10.4. The Morgan fingerprint density at radius 1 is 0.794 bits per heavy atom. The van der Waals surface area contributed by atoms with E-state index in [1.54, 1.807) is 12.1 Å². The van der Waals surface area contributed by atoms with Gasteiger partial charge >= 0.3 is 6.03 Å². The van der Waals surface area contributed by atoms with E-state index in [1.807, 2.05) is 69.3 Å². The third kappa shape index (κ3) is 5.74. The van der Waals surface area contributed by atoms with E-state index in [0.29, 0.717) is 30.2 Å². The summed E-state index contributed by atoms with van der Waals surface area (Å²) in [6.07, 6.45) is 0. The molecule has 3 aromatic rings. The molecule has 0 aliphatic carbocycles. The fraction of sp³-hybridized carbons (Fsp3) is 0.259. The quantitative estimate of drug-likeness (QED) is 0.482. The Labute approximate surface area is 200 Å². The number of hydrogen-bond acceptors (Lipinski definition) is 4. The van der Waals surface area contributed by atoms with Crippen molar-refractivity contribution < 1.29 is 14.3 Å². The fourth-order valence-corrected chi connectivity index (χ4v) is 3.89. The van der Waals surface area contributed by atoms with E-state index in [9.17, 15) is 9.59 Å². The van der Waals surface area contributed by atoms with Gasteiger partial charge in [-0.2, -0.15) is 0 Å². The number of carbonyl (C=O) groups excluding carboxylic acids is 2. The second-order valence-corrected chi connectivity index (χ2v) is 8.53. The van der Waals surface area contributed by atoms with Crippen LogP contribution in [-0.4, -0.2) is 38.2 Å². The van der Waals surface area contributed by atoms with Gasteiger partial charge in [-0.25, -0.2) is 4.79 Å². The third-order valence-corrected chi connectivity index (χ3v) is 5.90. The zero-order chi connectivity index (χ0) is 24.1. The second-order valence-electron chi connectivity index (χ2n) is 8.53. The molecule has 4 rings (SSSR count). The summed E-state index contributed by atoms with van der Waals surface area (Å²) in [5, 5.41) is 8.81. The van der Waals surface area contributed by atoms with E-state index in [1.165, 1.54) is 0 Å².